The van der Waals surface area contributed by atoms with Gasteiger partial charge in [-0.15, -0.1) is 0 Å². The Morgan fingerprint density at radius 1 is 1.22 bits per heavy atom. The van der Waals surface area contributed by atoms with Gasteiger partial charge < -0.3 is 9.88 Å². The highest BCUT2D eigenvalue weighted by atomic mass is 16.2. The SMILES string of the molecule is CN1C[C@H](CN2CC(=O)N(N)C(=O)C2)C[C@@H]2c3cccc4[nH]cc(c34)C[C@H]21. The molecule has 3 heterocycles. The van der Waals surface area contributed by atoms with Crippen LogP contribution in [0.3, 0.4) is 0 Å². The normalized spacial score (nSPS) is 29.4. The van der Waals surface area contributed by atoms with Crippen molar-refractivity contribution in [2.75, 3.05) is 33.2 Å². The molecule has 7 nitrogen and oxygen atoms in total. The number of hydrazine groups is 1. The number of H-pyrrole nitrogens is 1. The first kappa shape index (κ1) is 16.9. The summed E-state index contributed by atoms with van der Waals surface area (Å²) in [5.41, 5.74) is 4.08. The monoisotopic (exact) mass is 367 g/mol. The van der Waals surface area contributed by atoms with Crippen molar-refractivity contribution in [2.24, 2.45) is 11.8 Å². The molecule has 1 aromatic carbocycles. The Kier molecular flexibility index (Phi) is 3.86. The molecular weight excluding hydrogens is 342 g/mol. The van der Waals surface area contributed by atoms with Crippen molar-refractivity contribution in [3.05, 3.63) is 35.5 Å². The molecule has 3 aliphatic rings. The molecule has 5 rings (SSSR count). The number of rotatable bonds is 2. The number of carbonyl (C=O) groups excluding carboxylic acids is 2. The minimum atomic E-state index is -0.312. The first-order valence-electron chi connectivity index (χ1n) is 9.63. The lowest BCUT2D eigenvalue weighted by molar-refractivity contribution is -0.152. The van der Waals surface area contributed by atoms with E-state index in [2.05, 4.69) is 41.3 Å². The lowest BCUT2D eigenvalue weighted by Gasteiger charge is -2.46. The van der Waals surface area contributed by atoms with Gasteiger partial charge in [0.05, 0.1) is 13.1 Å². The van der Waals surface area contributed by atoms with Crippen LogP contribution in [0.25, 0.3) is 10.9 Å². The van der Waals surface area contributed by atoms with Crippen molar-refractivity contribution in [3.8, 4) is 0 Å². The number of imide groups is 1. The van der Waals surface area contributed by atoms with Gasteiger partial charge in [0.25, 0.3) is 11.8 Å². The van der Waals surface area contributed by atoms with Crippen LogP contribution >= 0.6 is 0 Å². The van der Waals surface area contributed by atoms with Gasteiger partial charge in [0.15, 0.2) is 0 Å². The molecule has 3 N–H and O–H groups in total. The number of nitrogens with two attached hydrogens (primary N) is 1. The Hall–Kier alpha value is -2.22. The number of aromatic amines is 1. The maximum absolute atomic E-state index is 11.9. The average Bonchev–Trinajstić information content (AvgIpc) is 3.05. The molecule has 0 bridgehead atoms. The quantitative estimate of drug-likeness (QED) is 0.463. The number of carbonyl (C=O) groups is 2. The average molecular weight is 367 g/mol. The van der Waals surface area contributed by atoms with Crippen LogP contribution in [-0.4, -0.2) is 70.9 Å². The summed E-state index contributed by atoms with van der Waals surface area (Å²) in [5, 5.41) is 2.16. The van der Waals surface area contributed by atoms with Gasteiger partial charge in [-0.1, -0.05) is 12.1 Å². The Labute approximate surface area is 158 Å². The number of aromatic nitrogens is 1. The summed E-state index contributed by atoms with van der Waals surface area (Å²) in [7, 11) is 2.20. The third-order valence-corrected chi connectivity index (χ3v) is 6.58. The van der Waals surface area contributed by atoms with Crippen LogP contribution in [0.5, 0.6) is 0 Å². The van der Waals surface area contributed by atoms with Crippen LogP contribution in [0.2, 0.25) is 0 Å². The number of nitrogens with zero attached hydrogens (tertiary/aromatic N) is 3. The number of nitrogens with one attached hydrogen (secondary N) is 1. The molecule has 2 fully saturated rings. The van der Waals surface area contributed by atoms with Crippen LogP contribution in [0.4, 0.5) is 0 Å². The van der Waals surface area contributed by atoms with Gasteiger partial charge in [-0.05, 0) is 43.0 Å². The standard InChI is InChI=1S/C20H25N5O2/c1-23-8-12(9-24-10-18(26)25(21)19(27)11-24)5-15-14-3-2-4-16-20(14)13(7-22-16)6-17(15)23/h2-4,7,12,15,17,22H,5-6,8-11,21H2,1H3/t12-,15-,17-/m1/s1. The van der Waals surface area contributed by atoms with Crippen molar-refractivity contribution in [1.29, 1.82) is 0 Å². The van der Waals surface area contributed by atoms with E-state index in [1.54, 1.807) is 0 Å². The van der Waals surface area contributed by atoms with Crippen LogP contribution in [0.15, 0.2) is 24.4 Å². The molecule has 0 saturated carbocycles. The molecule has 1 aliphatic carbocycles. The molecule has 0 spiro atoms. The summed E-state index contributed by atoms with van der Waals surface area (Å²) in [5.74, 6) is 5.79. The number of benzene rings is 1. The predicted molar refractivity (Wildman–Crippen MR) is 102 cm³/mol. The van der Waals surface area contributed by atoms with E-state index < -0.39 is 0 Å². The summed E-state index contributed by atoms with van der Waals surface area (Å²) < 4.78 is 0. The molecule has 142 valence electrons. The largest absolute Gasteiger partial charge is 0.361 e. The Bertz CT molecular complexity index is 904. The summed E-state index contributed by atoms with van der Waals surface area (Å²) in [4.78, 5) is 31.7. The number of hydrogen-bond acceptors (Lipinski definition) is 5. The van der Waals surface area contributed by atoms with Crippen LogP contribution in [-0.2, 0) is 16.0 Å². The lowest BCUT2D eigenvalue weighted by Crippen LogP contribution is -2.58. The predicted octanol–water partition coefficient (Wildman–Crippen LogP) is 0.672. The summed E-state index contributed by atoms with van der Waals surface area (Å²) in [6.07, 6.45) is 4.32. The first-order valence-corrected chi connectivity index (χ1v) is 9.63. The van der Waals surface area contributed by atoms with Crippen molar-refractivity contribution < 1.29 is 9.59 Å². The molecular formula is C20H25N5O2. The zero-order chi connectivity index (χ0) is 18.7. The second-order valence-electron chi connectivity index (χ2n) is 8.33. The zero-order valence-electron chi connectivity index (χ0n) is 15.5. The highest BCUT2D eigenvalue weighted by molar-refractivity contribution is 5.98. The molecule has 2 aliphatic heterocycles. The van der Waals surface area contributed by atoms with E-state index >= 15 is 0 Å². The fraction of sp³-hybridized carbons (Fsp3) is 0.500. The third kappa shape index (κ3) is 2.69. The van der Waals surface area contributed by atoms with Gasteiger partial charge in [-0.25, -0.2) is 10.9 Å². The molecule has 2 amide bonds. The number of amides is 2. The molecule has 2 aromatic rings. The minimum absolute atomic E-state index is 0.230. The fourth-order valence-electron chi connectivity index (χ4n) is 5.41. The van der Waals surface area contributed by atoms with E-state index in [-0.39, 0.29) is 24.9 Å². The van der Waals surface area contributed by atoms with Gasteiger partial charge in [0.2, 0.25) is 0 Å². The van der Waals surface area contributed by atoms with Gasteiger partial charge in [-0.3, -0.25) is 14.5 Å². The fourth-order valence-corrected chi connectivity index (χ4v) is 5.41. The highest BCUT2D eigenvalue weighted by Gasteiger charge is 2.40. The van der Waals surface area contributed by atoms with Gasteiger partial charge in [0, 0.05) is 42.1 Å². The van der Waals surface area contributed by atoms with E-state index in [9.17, 15) is 9.59 Å². The van der Waals surface area contributed by atoms with Crippen molar-refractivity contribution in [1.82, 2.24) is 19.8 Å². The Balaban J connectivity index is 1.39. The molecule has 2 saturated heterocycles. The van der Waals surface area contributed by atoms with Crippen LogP contribution < -0.4 is 5.84 Å². The number of hydrogen-bond donors (Lipinski definition) is 2. The van der Waals surface area contributed by atoms with E-state index in [4.69, 9.17) is 5.84 Å². The van der Waals surface area contributed by atoms with E-state index in [1.807, 2.05) is 4.90 Å². The lowest BCUT2D eigenvalue weighted by atomic mass is 9.72. The first-order chi connectivity index (χ1) is 13.0. The molecule has 0 radical (unpaired) electrons. The van der Waals surface area contributed by atoms with Crippen molar-refractivity contribution in [3.63, 3.8) is 0 Å². The van der Waals surface area contributed by atoms with Gasteiger partial charge >= 0.3 is 0 Å². The maximum atomic E-state index is 11.9. The maximum Gasteiger partial charge on any atom is 0.257 e. The number of piperidine rings is 1. The number of piperazine rings is 1. The number of fused-ring (bicyclic) bond motifs is 2. The molecule has 27 heavy (non-hydrogen) atoms. The number of likely N-dealkylation sites (tertiary alicyclic amines) is 1. The van der Waals surface area contributed by atoms with Gasteiger partial charge in [-0.2, -0.15) is 0 Å². The summed E-state index contributed by atoms with van der Waals surface area (Å²) in [6, 6.07) is 7.07. The van der Waals surface area contributed by atoms with Crippen LogP contribution in [0, 0.1) is 5.92 Å². The second kappa shape index (κ2) is 6.15. The van der Waals surface area contributed by atoms with Crippen molar-refractivity contribution in [2.45, 2.75) is 24.8 Å². The van der Waals surface area contributed by atoms with Gasteiger partial charge in [0.1, 0.15) is 0 Å². The summed E-state index contributed by atoms with van der Waals surface area (Å²) in [6.45, 7) is 2.21. The van der Waals surface area contributed by atoms with E-state index in [0.29, 0.717) is 17.9 Å². The minimum Gasteiger partial charge on any atom is -0.361 e. The smallest absolute Gasteiger partial charge is 0.257 e. The topological polar surface area (TPSA) is 85.7 Å². The van der Waals surface area contributed by atoms with E-state index in [1.165, 1.54) is 22.0 Å². The molecule has 1 aromatic heterocycles. The molecule has 0 unspecified atom stereocenters. The molecule has 7 heteroatoms. The second-order valence-corrected chi connectivity index (χ2v) is 8.33. The number of likely N-dealkylation sites (N-methyl/N-ethyl adjacent to an activating group) is 1. The Morgan fingerprint density at radius 2 is 2.00 bits per heavy atom. The van der Waals surface area contributed by atoms with Crippen LogP contribution in [0.1, 0.15) is 23.5 Å². The van der Waals surface area contributed by atoms with Crippen molar-refractivity contribution >= 4 is 22.7 Å². The van der Waals surface area contributed by atoms with E-state index in [0.717, 1.165) is 30.9 Å². The highest BCUT2D eigenvalue weighted by Crippen LogP contribution is 2.44. The molecule has 3 atom stereocenters. The Morgan fingerprint density at radius 3 is 2.78 bits per heavy atom. The third-order valence-electron chi connectivity index (χ3n) is 6.58. The zero-order valence-corrected chi connectivity index (χ0v) is 15.5. The summed E-state index contributed by atoms with van der Waals surface area (Å²) >= 11 is 0.